The number of carbonyl (C=O) groups excluding carboxylic acids is 1. The van der Waals surface area contributed by atoms with Crippen LogP contribution in [0.2, 0.25) is 0 Å². The zero-order chi connectivity index (χ0) is 22.6. The summed E-state index contributed by atoms with van der Waals surface area (Å²) in [5, 5.41) is 0. The molecule has 7 heteroatoms. The average molecular weight is 453 g/mol. The number of nitrogens with zero attached hydrogens (tertiary/aromatic N) is 2. The molecule has 2 fully saturated rings. The third-order valence-electron chi connectivity index (χ3n) is 6.62. The van der Waals surface area contributed by atoms with E-state index < -0.39 is 0 Å². The molecule has 0 bridgehead atoms. The number of fused-ring (bicyclic) bond motifs is 1. The van der Waals surface area contributed by atoms with Crippen LogP contribution in [-0.4, -0.2) is 68.5 Å². The van der Waals surface area contributed by atoms with Crippen LogP contribution < -0.4 is 14.2 Å². The van der Waals surface area contributed by atoms with Gasteiger partial charge in [0.1, 0.15) is 5.75 Å². The smallest absolute Gasteiger partial charge is 0.260 e. The molecule has 0 aromatic heterocycles. The number of piperidine rings is 1. The maximum atomic E-state index is 12.6. The molecular formula is C26H32N2O5. The molecule has 0 saturated carbocycles. The Balaban J connectivity index is 1.36. The Morgan fingerprint density at radius 3 is 2.67 bits per heavy atom. The van der Waals surface area contributed by atoms with Crippen LogP contribution in [0.3, 0.4) is 0 Å². The van der Waals surface area contributed by atoms with Crippen molar-refractivity contribution in [3.05, 3.63) is 42.0 Å². The fourth-order valence-electron chi connectivity index (χ4n) is 4.81. The van der Waals surface area contributed by atoms with Gasteiger partial charge in [-0.1, -0.05) is 19.1 Å². The van der Waals surface area contributed by atoms with Gasteiger partial charge < -0.3 is 23.8 Å². The topological polar surface area (TPSA) is 60.5 Å². The van der Waals surface area contributed by atoms with Crippen LogP contribution in [0.25, 0.3) is 11.1 Å². The van der Waals surface area contributed by atoms with Crippen LogP contribution in [0.1, 0.15) is 25.3 Å². The Morgan fingerprint density at radius 1 is 1.03 bits per heavy atom. The molecule has 1 amide bonds. The Kier molecular flexibility index (Phi) is 6.69. The van der Waals surface area contributed by atoms with E-state index in [0.717, 1.165) is 53.6 Å². The maximum Gasteiger partial charge on any atom is 0.260 e. The molecule has 0 spiro atoms. The van der Waals surface area contributed by atoms with E-state index in [-0.39, 0.29) is 19.3 Å². The van der Waals surface area contributed by atoms with Crippen molar-refractivity contribution < 1.29 is 23.7 Å². The van der Waals surface area contributed by atoms with E-state index in [9.17, 15) is 4.79 Å². The lowest BCUT2D eigenvalue weighted by atomic mass is 9.98. The number of rotatable bonds is 6. The summed E-state index contributed by atoms with van der Waals surface area (Å²) < 4.78 is 22.5. The molecule has 3 aliphatic heterocycles. The lowest BCUT2D eigenvalue weighted by Gasteiger charge is -2.31. The van der Waals surface area contributed by atoms with E-state index in [2.05, 4.69) is 30.0 Å². The van der Waals surface area contributed by atoms with Crippen LogP contribution in [0.5, 0.6) is 17.2 Å². The van der Waals surface area contributed by atoms with Crippen LogP contribution in [0, 0.1) is 5.92 Å². The van der Waals surface area contributed by atoms with Gasteiger partial charge in [-0.2, -0.15) is 0 Å². The maximum absolute atomic E-state index is 12.6. The predicted molar refractivity (Wildman–Crippen MR) is 125 cm³/mol. The molecule has 1 atom stereocenters. The van der Waals surface area contributed by atoms with Gasteiger partial charge in [0.15, 0.2) is 18.1 Å². The molecule has 2 saturated heterocycles. The minimum absolute atomic E-state index is 0.00990. The Morgan fingerprint density at radius 2 is 1.82 bits per heavy atom. The highest BCUT2D eigenvalue weighted by atomic mass is 16.7. The van der Waals surface area contributed by atoms with Crippen molar-refractivity contribution in [2.24, 2.45) is 5.92 Å². The van der Waals surface area contributed by atoms with Crippen LogP contribution in [-0.2, 0) is 16.1 Å². The molecule has 2 aromatic carbocycles. The fourth-order valence-corrected chi connectivity index (χ4v) is 4.81. The third kappa shape index (κ3) is 5.25. The van der Waals surface area contributed by atoms with Crippen molar-refractivity contribution in [1.82, 2.24) is 9.80 Å². The first-order valence-corrected chi connectivity index (χ1v) is 11.9. The Bertz CT molecular complexity index is 989. The molecular weight excluding hydrogens is 420 g/mol. The van der Waals surface area contributed by atoms with Crippen LogP contribution >= 0.6 is 0 Å². The van der Waals surface area contributed by atoms with E-state index in [1.54, 1.807) is 0 Å². The summed E-state index contributed by atoms with van der Waals surface area (Å²) in [6.45, 7) is 8.05. The van der Waals surface area contributed by atoms with Gasteiger partial charge in [-0.05, 0) is 60.7 Å². The van der Waals surface area contributed by atoms with Crippen LogP contribution in [0.4, 0.5) is 0 Å². The third-order valence-corrected chi connectivity index (χ3v) is 6.62. The summed E-state index contributed by atoms with van der Waals surface area (Å²) in [5.74, 6) is 3.04. The first-order valence-electron chi connectivity index (χ1n) is 11.9. The average Bonchev–Trinajstić information content (AvgIpc) is 3.31. The van der Waals surface area contributed by atoms with Crippen molar-refractivity contribution in [3.63, 3.8) is 0 Å². The lowest BCUT2D eigenvalue weighted by molar-refractivity contribution is -0.137. The zero-order valence-corrected chi connectivity index (χ0v) is 19.3. The van der Waals surface area contributed by atoms with Gasteiger partial charge in [0.05, 0.1) is 13.2 Å². The summed E-state index contributed by atoms with van der Waals surface area (Å²) in [6.07, 6.45) is 2.50. The second-order valence-electron chi connectivity index (χ2n) is 9.15. The molecule has 7 nitrogen and oxygen atoms in total. The summed E-state index contributed by atoms with van der Waals surface area (Å²) in [4.78, 5) is 16.9. The highest BCUT2D eigenvalue weighted by molar-refractivity contribution is 5.78. The zero-order valence-electron chi connectivity index (χ0n) is 19.3. The van der Waals surface area contributed by atoms with Gasteiger partial charge in [-0.25, -0.2) is 0 Å². The SMILES string of the molecule is C[C@H]1CCCN(Cc2cc(-c3ccc4c(c3)OCO4)ccc2OCC(=O)N2CCOCC2)C1. The molecule has 5 rings (SSSR count). The summed E-state index contributed by atoms with van der Waals surface area (Å²) in [6, 6.07) is 12.3. The molecule has 176 valence electrons. The molecule has 0 unspecified atom stereocenters. The standard InChI is InChI=1S/C26H32N2O5/c1-19-3-2-8-27(15-19)16-22-13-20(21-5-7-24-25(14-21)33-18-32-24)4-6-23(22)31-17-26(29)28-9-11-30-12-10-28/h4-7,13-14,19H,2-3,8-12,15-18H2,1H3/t19-/m0/s1. The molecule has 2 aromatic rings. The minimum Gasteiger partial charge on any atom is -0.483 e. The second-order valence-corrected chi connectivity index (χ2v) is 9.15. The molecule has 3 aliphatic rings. The highest BCUT2D eigenvalue weighted by Gasteiger charge is 2.21. The van der Waals surface area contributed by atoms with Crippen molar-refractivity contribution in [1.29, 1.82) is 0 Å². The molecule has 3 heterocycles. The van der Waals surface area contributed by atoms with Crippen molar-refractivity contribution in [3.8, 4) is 28.4 Å². The number of benzene rings is 2. The van der Waals surface area contributed by atoms with E-state index in [1.807, 2.05) is 23.1 Å². The second kappa shape index (κ2) is 10.0. The monoisotopic (exact) mass is 452 g/mol. The number of ether oxygens (including phenoxy) is 4. The molecule has 33 heavy (non-hydrogen) atoms. The van der Waals surface area contributed by atoms with E-state index in [1.165, 1.54) is 12.8 Å². The predicted octanol–water partition coefficient (Wildman–Crippen LogP) is 3.55. The number of likely N-dealkylation sites (tertiary alicyclic amines) is 1. The van der Waals surface area contributed by atoms with Crippen molar-refractivity contribution in [2.75, 3.05) is 52.8 Å². The number of hydrogen-bond acceptors (Lipinski definition) is 6. The van der Waals surface area contributed by atoms with Gasteiger partial charge in [0, 0.05) is 31.7 Å². The van der Waals surface area contributed by atoms with Crippen molar-refractivity contribution in [2.45, 2.75) is 26.3 Å². The van der Waals surface area contributed by atoms with Crippen molar-refractivity contribution >= 4 is 5.91 Å². The summed E-state index contributed by atoms with van der Waals surface area (Å²) in [7, 11) is 0. The van der Waals surface area contributed by atoms with Crippen LogP contribution in [0.15, 0.2) is 36.4 Å². The van der Waals surface area contributed by atoms with Gasteiger partial charge in [0.25, 0.3) is 5.91 Å². The van der Waals surface area contributed by atoms with E-state index >= 15 is 0 Å². The normalized spacial score (nSPS) is 20.6. The first-order chi connectivity index (χ1) is 16.2. The van der Waals surface area contributed by atoms with Gasteiger partial charge in [0.2, 0.25) is 6.79 Å². The van der Waals surface area contributed by atoms with Gasteiger partial charge >= 0.3 is 0 Å². The number of amides is 1. The molecule has 0 N–H and O–H groups in total. The summed E-state index contributed by atoms with van der Waals surface area (Å²) >= 11 is 0. The Labute approximate surface area is 195 Å². The Hall–Kier alpha value is -2.77. The lowest BCUT2D eigenvalue weighted by Crippen LogP contribution is -2.43. The van der Waals surface area contributed by atoms with Gasteiger partial charge in [-0.3, -0.25) is 9.69 Å². The molecule has 0 radical (unpaired) electrons. The van der Waals surface area contributed by atoms with E-state index in [0.29, 0.717) is 32.2 Å². The largest absolute Gasteiger partial charge is 0.483 e. The van der Waals surface area contributed by atoms with Gasteiger partial charge in [-0.15, -0.1) is 0 Å². The highest BCUT2D eigenvalue weighted by Crippen LogP contribution is 2.37. The summed E-state index contributed by atoms with van der Waals surface area (Å²) in [5.41, 5.74) is 3.28. The fraction of sp³-hybridized carbons (Fsp3) is 0.500. The first kappa shape index (κ1) is 22.0. The quantitative estimate of drug-likeness (QED) is 0.668. The van der Waals surface area contributed by atoms with E-state index in [4.69, 9.17) is 18.9 Å². The molecule has 0 aliphatic carbocycles. The minimum atomic E-state index is 0.00990. The number of morpholine rings is 1. The number of hydrogen-bond donors (Lipinski definition) is 0. The number of carbonyl (C=O) groups is 1.